The number of halogens is 6. The van der Waals surface area contributed by atoms with Gasteiger partial charge in [0.25, 0.3) is 5.91 Å². The fourth-order valence-corrected chi connectivity index (χ4v) is 3.11. The molecule has 1 atom stereocenters. The van der Waals surface area contributed by atoms with Gasteiger partial charge in [-0.25, -0.2) is 9.37 Å². The van der Waals surface area contributed by atoms with Crippen LogP contribution in [0.25, 0.3) is 11.1 Å². The Morgan fingerprint density at radius 3 is 2.58 bits per heavy atom. The largest absolute Gasteiger partial charge is 0.435 e. The Balaban J connectivity index is 2.20. The van der Waals surface area contributed by atoms with E-state index in [2.05, 4.69) is 27.0 Å². The lowest BCUT2D eigenvalue weighted by Crippen LogP contribution is -2.30. The van der Waals surface area contributed by atoms with Gasteiger partial charge in [0.1, 0.15) is 11.3 Å². The summed E-state index contributed by atoms with van der Waals surface area (Å²) in [5, 5.41) is 2.34. The molecule has 2 rings (SSSR count). The molecule has 5 nitrogen and oxygen atoms in total. The van der Waals surface area contributed by atoms with Crippen LogP contribution in [0.2, 0.25) is 10.2 Å². The molecule has 0 saturated heterocycles. The summed E-state index contributed by atoms with van der Waals surface area (Å²) in [6.45, 7) is 3.57. The summed E-state index contributed by atoms with van der Waals surface area (Å²) in [6, 6.07) is 7.81. The molecule has 0 saturated carbocycles. The molecule has 11 heteroatoms. The maximum atomic E-state index is 14.7. The van der Waals surface area contributed by atoms with Crippen molar-refractivity contribution in [3.63, 3.8) is 0 Å². The first-order valence-electron chi connectivity index (χ1n) is 8.69. The second kappa shape index (κ2) is 10.5. The highest BCUT2D eigenvalue weighted by Gasteiger charge is 2.38. The predicted molar refractivity (Wildman–Crippen MR) is 113 cm³/mol. The molecule has 1 heterocycles. The van der Waals surface area contributed by atoms with E-state index in [0.29, 0.717) is 11.1 Å². The molecule has 1 aromatic carbocycles. The zero-order valence-electron chi connectivity index (χ0n) is 16.1. The number of aromatic nitrogens is 1. The average molecular weight is 475 g/mol. The molecule has 1 amide bonds. The fourth-order valence-electron chi connectivity index (χ4n) is 2.58. The number of rotatable bonds is 7. The SMILES string of the molecule is C=N/C(C(=O)NCC(F)c1ccc(-c2cccnc2Cl)cc1Cl)=C(\N=C/C)C(F)(F)F. The highest BCUT2D eigenvalue weighted by molar-refractivity contribution is 6.33. The number of aliphatic imine (C=N–C) groups is 2. The number of carbonyl (C=O) groups excluding carboxylic acids is 1. The van der Waals surface area contributed by atoms with Gasteiger partial charge in [-0.2, -0.15) is 13.2 Å². The average Bonchev–Trinajstić information content (AvgIpc) is 2.71. The van der Waals surface area contributed by atoms with E-state index >= 15 is 0 Å². The van der Waals surface area contributed by atoms with E-state index in [-0.39, 0.29) is 15.7 Å². The van der Waals surface area contributed by atoms with Gasteiger partial charge in [-0.05, 0) is 37.4 Å². The first-order chi connectivity index (χ1) is 14.6. The van der Waals surface area contributed by atoms with Gasteiger partial charge in [0.2, 0.25) is 0 Å². The topological polar surface area (TPSA) is 66.7 Å². The van der Waals surface area contributed by atoms with E-state index in [1.807, 2.05) is 0 Å². The first-order valence-corrected chi connectivity index (χ1v) is 9.45. The first kappa shape index (κ1) is 24.5. The standard InChI is InChI=1S/C20H16Cl2F4N4O/c1-3-28-17(20(24,25)26)16(27-2)19(31)30-10-15(23)13-7-6-11(9-14(13)21)12-5-4-8-29-18(12)22/h3-9,15H,2,10H2,1H3,(H,30,31)/b17-16-,28-3-. The molecular formula is C20H16Cl2F4N4O. The van der Waals surface area contributed by atoms with Gasteiger partial charge in [0.15, 0.2) is 11.4 Å². The summed E-state index contributed by atoms with van der Waals surface area (Å²) in [7, 11) is 0. The second-order valence-corrected chi connectivity index (χ2v) is 6.76. The van der Waals surface area contributed by atoms with Crippen LogP contribution in [0.4, 0.5) is 17.6 Å². The molecule has 1 aromatic heterocycles. The zero-order chi connectivity index (χ0) is 23.2. The van der Waals surface area contributed by atoms with Crippen molar-refractivity contribution < 1.29 is 22.4 Å². The second-order valence-electron chi connectivity index (χ2n) is 6.00. The van der Waals surface area contributed by atoms with Crippen molar-refractivity contribution in [1.29, 1.82) is 0 Å². The third kappa shape index (κ3) is 6.11. The van der Waals surface area contributed by atoms with Gasteiger partial charge in [0, 0.05) is 28.6 Å². The van der Waals surface area contributed by atoms with Gasteiger partial charge >= 0.3 is 6.18 Å². The van der Waals surface area contributed by atoms with E-state index in [9.17, 15) is 22.4 Å². The van der Waals surface area contributed by atoms with E-state index in [0.717, 1.165) is 6.21 Å². The molecule has 1 unspecified atom stereocenters. The van der Waals surface area contributed by atoms with E-state index in [1.54, 1.807) is 18.2 Å². The summed E-state index contributed by atoms with van der Waals surface area (Å²) in [6.07, 6.45) is -4.37. The Labute approximate surface area is 185 Å². The Bertz CT molecular complexity index is 1040. The van der Waals surface area contributed by atoms with E-state index < -0.39 is 36.2 Å². The van der Waals surface area contributed by atoms with Crippen molar-refractivity contribution >= 4 is 42.0 Å². The maximum Gasteiger partial charge on any atom is 0.435 e. The number of alkyl halides is 4. The maximum absolute atomic E-state index is 14.7. The van der Waals surface area contributed by atoms with Crippen LogP contribution in [0.1, 0.15) is 18.7 Å². The molecule has 0 aliphatic carbocycles. The lowest BCUT2D eigenvalue weighted by Gasteiger charge is -2.15. The van der Waals surface area contributed by atoms with Crippen LogP contribution in [0.3, 0.4) is 0 Å². The summed E-state index contributed by atoms with van der Waals surface area (Å²) in [5.41, 5.74) is -1.38. The minimum Gasteiger partial charge on any atom is -0.347 e. The Kier molecular flexibility index (Phi) is 8.29. The summed E-state index contributed by atoms with van der Waals surface area (Å²) in [5.74, 6) is -1.27. The molecule has 0 aliphatic rings. The van der Waals surface area contributed by atoms with Gasteiger partial charge in [-0.3, -0.25) is 14.8 Å². The fraction of sp³-hybridized carbons (Fsp3) is 0.200. The number of benzene rings is 1. The van der Waals surface area contributed by atoms with Crippen LogP contribution in [0.15, 0.2) is 57.9 Å². The molecule has 31 heavy (non-hydrogen) atoms. The van der Waals surface area contributed by atoms with Crippen molar-refractivity contribution in [2.75, 3.05) is 6.54 Å². The van der Waals surface area contributed by atoms with Crippen molar-refractivity contribution in [1.82, 2.24) is 10.3 Å². The third-order valence-corrected chi connectivity index (χ3v) is 4.60. The van der Waals surface area contributed by atoms with Crippen LogP contribution >= 0.6 is 23.2 Å². The lowest BCUT2D eigenvalue weighted by molar-refractivity contribution is -0.119. The normalized spacial score (nSPS) is 13.6. The van der Waals surface area contributed by atoms with Crippen molar-refractivity contribution in [3.8, 4) is 11.1 Å². The van der Waals surface area contributed by atoms with Crippen molar-refractivity contribution in [2.24, 2.45) is 9.98 Å². The van der Waals surface area contributed by atoms with Crippen LogP contribution in [0, 0.1) is 0 Å². The van der Waals surface area contributed by atoms with Gasteiger partial charge < -0.3 is 5.32 Å². The molecule has 0 bridgehead atoms. The van der Waals surface area contributed by atoms with Crippen LogP contribution < -0.4 is 5.32 Å². The Hall–Kier alpha value is -2.78. The highest BCUT2D eigenvalue weighted by Crippen LogP contribution is 2.33. The molecule has 2 aromatic rings. The summed E-state index contributed by atoms with van der Waals surface area (Å²) >= 11 is 12.2. The van der Waals surface area contributed by atoms with Crippen molar-refractivity contribution in [2.45, 2.75) is 19.3 Å². The quantitative estimate of drug-likeness (QED) is 0.240. The highest BCUT2D eigenvalue weighted by atomic mass is 35.5. The molecule has 0 aliphatic heterocycles. The summed E-state index contributed by atoms with van der Waals surface area (Å²) in [4.78, 5) is 22.3. The number of hydrogen-bond donors (Lipinski definition) is 1. The van der Waals surface area contributed by atoms with Crippen LogP contribution in [-0.4, -0.2) is 36.5 Å². The van der Waals surface area contributed by atoms with Gasteiger partial charge in [-0.15, -0.1) is 0 Å². The molecule has 0 radical (unpaired) electrons. The molecule has 164 valence electrons. The lowest BCUT2D eigenvalue weighted by atomic mass is 10.0. The molecule has 0 fully saturated rings. The number of carbonyl (C=O) groups is 1. The minimum atomic E-state index is -4.94. The number of allylic oxidation sites excluding steroid dienone is 1. The van der Waals surface area contributed by atoms with Gasteiger partial charge in [0.05, 0.1) is 6.54 Å². The van der Waals surface area contributed by atoms with Crippen LogP contribution in [0.5, 0.6) is 0 Å². The third-order valence-electron chi connectivity index (χ3n) is 3.97. The van der Waals surface area contributed by atoms with E-state index in [1.165, 1.54) is 25.3 Å². The van der Waals surface area contributed by atoms with Gasteiger partial charge in [-0.1, -0.05) is 35.3 Å². The van der Waals surface area contributed by atoms with Crippen molar-refractivity contribution in [3.05, 3.63) is 63.7 Å². The number of hydrogen-bond acceptors (Lipinski definition) is 4. The number of pyridine rings is 1. The molecule has 0 spiro atoms. The number of nitrogens with zero attached hydrogens (tertiary/aromatic N) is 3. The molecular weight excluding hydrogens is 459 g/mol. The number of amides is 1. The minimum absolute atomic E-state index is 0.0328. The van der Waals surface area contributed by atoms with Crippen LogP contribution in [-0.2, 0) is 4.79 Å². The molecule has 1 N–H and O–H groups in total. The monoisotopic (exact) mass is 474 g/mol. The number of nitrogens with one attached hydrogen (secondary N) is 1. The smallest absolute Gasteiger partial charge is 0.347 e. The summed E-state index contributed by atoms with van der Waals surface area (Å²) < 4.78 is 53.9. The Morgan fingerprint density at radius 2 is 2.03 bits per heavy atom. The van der Waals surface area contributed by atoms with E-state index in [4.69, 9.17) is 23.2 Å². The Morgan fingerprint density at radius 1 is 1.32 bits per heavy atom. The predicted octanol–water partition coefficient (Wildman–Crippen LogP) is 5.75. The zero-order valence-corrected chi connectivity index (χ0v) is 17.6.